The molecule has 1 aromatic carbocycles. The first-order valence-electron chi connectivity index (χ1n) is 5.18. The van der Waals surface area contributed by atoms with Crippen LogP contribution in [-0.4, -0.2) is 5.33 Å². The zero-order valence-electron chi connectivity index (χ0n) is 8.45. The molecular weight excluding hydrogens is 236 g/mol. The van der Waals surface area contributed by atoms with Gasteiger partial charge >= 0.3 is 0 Å². The van der Waals surface area contributed by atoms with Crippen molar-refractivity contribution in [3.63, 3.8) is 0 Å². The zero-order valence-corrected chi connectivity index (χ0v) is 10.0. The third-order valence-electron chi connectivity index (χ3n) is 2.11. The van der Waals surface area contributed by atoms with Gasteiger partial charge in [0.15, 0.2) is 0 Å². The summed E-state index contributed by atoms with van der Waals surface area (Å²) in [5.74, 6) is 0. The van der Waals surface area contributed by atoms with Crippen LogP contribution in [0.2, 0.25) is 0 Å². The van der Waals surface area contributed by atoms with Crippen LogP contribution in [0.5, 0.6) is 0 Å². The number of hydrogen-bond acceptors (Lipinski definition) is 0. The number of unbranched alkanes of at least 4 members (excludes halogenated alkanes) is 1. The highest BCUT2D eigenvalue weighted by molar-refractivity contribution is 9.09. The summed E-state index contributed by atoms with van der Waals surface area (Å²) in [6.45, 7) is 0. The number of aryl methyl sites for hydroxylation is 1. The van der Waals surface area contributed by atoms with Gasteiger partial charge in [-0.3, -0.25) is 0 Å². The van der Waals surface area contributed by atoms with Crippen molar-refractivity contribution >= 4 is 15.9 Å². The van der Waals surface area contributed by atoms with E-state index >= 15 is 0 Å². The van der Waals surface area contributed by atoms with Crippen molar-refractivity contribution in [1.29, 1.82) is 0 Å². The van der Waals surface area contributed by atoms with Crippen LogP contribution in [-0.2, 0) is 6.42 Å². The fourth-order valence-corrected chi connectivity index (χ4v) is 1.65. The molecule has 0 bridgehead atoms. The molecular formula is C13H17Br. The lowest BCUT2D eigenvalue weighted by Crippen LogP contribution is -1.81. The van der Waals surface area contributed by atoms with Gasteiger partial charge in [0.1, 0.15) is 0 Å². The van der Waals surface area contributed by atoms with Gasteiger partial charge in [0.2, 0.25) is 0 Å². The SMILES string of the molecule is BrCCC/C=C/CCc1ccccc1. The fraction of sp³-hybridized carbons (Fsp3) is 0.385. The van der Waals surface area contributed by atoms with E-state index in [0.717, 1.165) is 18.2 Å². The molecule has 0 aromatic heterocycles. The van der Waals surface area contributed by atoms with Crippen LogP contribution in [0.15, 0.2) is 42.5 Å². The van der Waals surface area contributed by atoms with Gasteiger partial charge in [0.25, 0.3) is 0 Å². The van der Waals surface area contributed by atoms with E-state index in [1.165, 1.54) is 18.4 Å². The van der Waals surface area contributed by atoms with E-state index < -0.39 is 0 Å². The molecule has 1 aromatic rings. The Balaban J connectivity index is 2.12. The first-order chi connectivity index (χ1) is 6.93. The first kappa shape index (κ1) is 11.5. The van der Waals surface area contributed by atoms with Crippen molar-refractivity contribution in [3.8, 4) is 0 Å². The largest absolute Gasteiger partial charge is 0.0928 e. The quantitative estimate of drug-likeness (QED) is 0.401. The molecule has 0 radical (unpaired) electrons. The first-order valence-corrected chi connectivity index (χ1v) is 6.30. The van der Waals surface area contributed by atoms with E-state index in [-0.39, 0.29) is 0 Å². The Morgan fingerprint density at radius 3 is 2.43 bits per heavy atom. The molecule has 0 atom stereocenters. The Kier molecular flexibility index (Phi) is 6.42. The number of halogens is 1. The highest BCUT2D eigenvalue weighted by Gasteiger charge is 1.87. The van der Waals surface area contributed by atoms with Crippen LogP contribution in [0.4, 0.5) is 0 Å². The van der Waals surface area contributed by atoms with E-state index in [0.29, 0.717) is 0 Å². The molecule has 0 nitrogen and oxygen atoms in total. The minimum atomic E-state index is 1.11. The van der Waals surface area contributed by atoms with Gasteiger partial charge < -0.3 is 0 Å². The molecule has 0 unspecified atom stereocenters. The van der Waals surface area contributed by atoms with Crippen LogP contribution >= 0.6 is 15.9 Å². The molecule has 0 heterocycles. The van der Waals surface area contributed by atoms with Crippen molar-refractivity contribution in [3.05, 3.63) is 48.0 Å². The Labute approximate surface area is 95.2 Å². The Bertz CT molecular complexity index is 251. The minimum absolute atomic E-state index is 1.11. The van der Waals surface area contributed by atoms with Gasteiger partial charge in [-0.15, -0.1) is 0 Å². The lowest BCUT2D eigenvalue weighted by atomic mass is 10.1. The fourth-order valence-electron chi connectivity index (χ4n) is 1.33. The number of alkyl halides is 1. The summed E-state index contributed by atoms with van der Waals surface area (Å²) in [6.07, 6.45) is 9.32. The topological polar surface area (TPSA) is 0 Å². The van der Waals surface area contributed by atoms with Crippen molar-refractivity contribution < 1.29 is 0 Å². The minimum Gasteiger partial charge on any atom is -0.0928 e. The van der Waals surface area contributed by atoms with Gasteiger partial charge in [0.05, 0.1) is 0 Å². The summed E-state index contributed by atoms with van der Waals surface area (Å²) < 4.78 is 0. The molecule has 76 valence electrons. The molecule has 0 spiro atoms. The van der Waals surface area contributed by atoms with E-state index in [1.54, 1.807) is 0 Å². The molecule has 0 saturated carbocycles. The molecule has 0 aliphatic carbocycles. The summed E-state index contributed by atoms with van der Waals surface area (Å²) in [5.41, 5.74) is 1.43. The monoisotopic (exact) mass is 252 g/mol. The van der Waals surface area contributed by atoms with E-state index in [9.17, 15) is 0 Å². The zero-order chi connectivity index (χ0) is 10.1. The van der Waals surface area contributed by atoms with Crippen LogP contribution in [0.1, 0.15) is 24.8 Å². The van der Waals surface area contributed by atoms with Gasteiger partial charge in [-0.2, -0.15) is 0 Å². The van der Waals surface area contributed by atoms with Gasteiger partial charge in [0, 0.05) is 5.33 Å². The Morgan fingerprint density at radius 2 is 1.71 bits per heavy atom. The molecule has 1 heteroatoms. The Hall–Kier alpha value is -0.560. The molecule has 14 heavy (non-hydrogen) atoms. The normalized spacial score (nSPS) is 10.9. The summed E-state index contributed by atoms with van der Waals surface area (Å²) in [7, 11) is 0. The maximum absolute atomic E-state index is 3.42. The molecule has 0 fully saturated rings. The summed E-state index contributed by atoms with van der Waals surface area (Å²) >= 11 is 3.42. The Morgan fingerprint density at radius 1 is 1.00 bits per heavy atom. The average molecular weight is 253 g/mol. The molecule has 1 rings (SSSR count). The number of allylic oxidation sites excluding steroid dienone is 2. The number of rotatable bonds is 6. The summed E-state index contributed by atoms with van der Waals surface area (Å²) in [6, 6.07) is 10.6. The average Bonchev–Trinajstić information content (AvgIpc) is 2.25. The second kappa shape index (κ2) is 7.81. The van der Waals surface area contributed by atoms with E-state index in [4.69, 9.17) is 0 Å². The van der Waals surface area contributed by atoms with Crippen molar-refractivity contribution in [2.45, 2.75) is 25.7 Å². The van der Waals surface area contributed by atoms with Crippen molar-refractivity contribution in [2.24, 2.45) is 0 Å². The van der Waals surface area contributed by atoms with Crippen LogP contribution in [0.3, 0.4) is 0 Å². The standard InChI is InChI=1S/C13H17Br/c14-12-8-3-1-2-5-9-13-10-6-4-7-11-13/h1-2,4,6-7,10-11H,3,5,8-9,12H2/b2-1+. The van der Waals surface area contributed by atoms with E-state index in [1.807, 2.05) is 0 Å². The van der Waals surface area contributed by atoms with Crippen molar-refractivity contribution in [1.82, 2.24) is 0 Å². The van der Waals surface area contributed by atoms with Crippen LogP contribution in [0, 0.1) is 0 Å². The molecule has 0 aliphatic rings. The highest BCUT2D eigenvalue weighted by atomic mass is 79.9. The lowest BCUT2D eigenvalue weighted by Gasteiger charge is -1.96. The summed E-state index contributed by atoms with van der Waals surface area (Å²) in [4.78, 5) is 0. The van der Waals surface area contributed by atoms with Gasteiger partial charge in [-0.1, -0.05) is 58.4 Å². The van der Waals surface area contributed by atoms with Gasteiger partial charge in [-0.05, 0) is 31.2 Å². The predicted molar refractivity (Wildman–Crippen MR) is 66.9 cm³/mol. The van der Waals surface area contributed by atoms with Crippen LogP contribution in [0.25, 0.3) is 0 Å². The second-order valence-electron chi connectivity index (χ2n) is 3.33. The number of hydrogen-bond donors (Lipinski definition) is 0. The molecule has 0 N–H and O–H groups in total. The third kappa shape index (κ3) is 5.23. The van der Waals surface area contributed by atoms with Crippen LogP contribution < -0.4 is 0 Å². The van der Waals surface area contributed by atoms with Gasteiger partial charge in [-0.25, -0.2) is 0 Å². The maximum Gasteiger partial charge on any atom is 0.00342 e. The highest BCUT2D eigenvalue weighted by Crippen LogP contribution is 2.03. The number of benzene rings is 1. The predicted octanol–water partition coefficient (Wildman–Crippen LogP) is 4.35. The molecule has 0 aliphatic heterocycles. The van der Waals surface area contributed by atoms with E-state index in [2.05, 4.69) is 58.4 Å². The lowest BCUT2D eigenvalue weighted by molar-refractivity contribution is 0.949. The van der Waals surface area contributed by atoms with Crippen molar-refractivity contribution in [2.75, 3.05) is 5.33 Å². The smallest absolute Gasteiger partial charge is 0.00342 e. The molecule has 0 saturated heterocycles. The third-order valence-corrected chi connectivity index (χ3v) is 2.67. The summed E-state index contributed by atoms with van der Waals surface area (Å²) in [5, 5.41) is 1.11. The maximum atomic E-state index is 3.42. The molecule has 0 amide bonds. The second-order valence-corrected chi connectivity index (χ2v) is 4.12.